The second-order valence-corrected chi connectivity index (χ2v) is 5.29. The molecule has 2 rings (SSSR count). The quantitative estimate of drug-likeness (QED) is 0.847. The van der Waals surface area contributed by atoms with Gasteiger partial charge in [0.2, 0.25) is 0 Å². The van der Waals surface area contributed by atoms with Crippen molar-refractivity contribution in [1.29, 1.82) is 0 Å². The first kappa shape index (κ1) is 11.7. The van der Waals surface area contributed by atoms with Crippen molar-refractivity contribution >= 4 is 0 Å². The van der Waals surface area contributed by atoms with Crippen molar-refractivity contribution < 1.29 is 4.74 Å². The lowest BCUT2D eigenvalue weighted by Gasteiger charge is -2.36. The maximum absolute atomic E-state index is 5.71. The molecule has 0 amide bonds. The van der Waals surface area contributed by atoms with Gasteiger partial charge in [0.25, 0.3) is 0 Å². The standard InChI is InChI=1S/C13H22N2O/c1-13(2)9-11(6-8-16-13)14-10-12-5-4-7-15(12)3/h4-5,7,11,14H,6,8-10H2,1-3H3. The molecule has 90 valence electrons. The second-order valence-electron chi connectivity index (χ2n) is 5.29. The van der Waals surface area contributed by atoms with Gasteiger partial charge in [-0.2, -0.15) is 0 Å². The molecule has 3 nitrogen and oxygen atoms in total. The predicted molar refractivity (Wildman–Crippen MR) is 65.3 cm³/mol. The van der Waals surface area contributed by atoms with Crippen LogP contribution in [0.3, 0.4) is 0 Å². The molecule has 3 heteroatoms. The minimum absolute atomic E-state index is 0.0319. The smallest absolute Gasteiger partial charge is 0.0641 e. The van der Waals surface area contributed by atoms with Crippen molar-refractivity contribution in [3.05, 3.63) is 24.0 Å². The molecule has 1 N–H and O–H groups in total. The van der Waals surface area contributed by atoms with Gasteiger partial charge in [0.15, 0.2) is 0 Å². The van der Waals surface area contributed by atoms with Crippen LogP contribution in [0.2, 0.25) is 0 Å². The lowest BCUT2D eigenvalue weighted by Crippen LogP contribution is -2.43. The minimum atomic E-state index is 0.0319. The van der Waals surface area contributed by atoms with Crippen LogP contribution in [0.5, 0.6) is 0 Å². The Morgan fingerprint density at radius 1 is 1.56 bits per heavy atom. The van der Waals surface area contributed by atoms with Crippen LogP contribution in [-0.2, 0) is 18.3 Å². The average Bonchev–Trinajstić information content (AvgIpc) is 2.60. The molecule has 0 aromatic carbocycles. The molecule has 1 aliphatic rings. The summed E-state index contributed by atoms with van der Waals surface area (Å²) in [4.78, 5) is 0. The topological polar surface area (TPSA) is 26.2 Å². The molecule has 16 heavy (non-hydrogen) atoms. The van der Waals surface area contributed by atoms with Gasteiger partial charge in [-0.25, -0.2) is 0 Å². The van der Waals surface area contributed by atoms with E-state index in [1.165, 1.54) is 5.69 Å². The highest BCUT2D eigenvalue weighted by molar-refractivity contribution is 5.06. The van der Waals surface area contributed by atoms with Crippen molar-refractivity contribution in [2.45, 2.75) is 44.9 Å². The molecule has 1 unspecified atom stereocenters. The molecule has 1 fully saturated rings. The molecule has 0 saturated carbocycles. The predicted octanol–water partition coefficient (Wildman–Crippen LogP) is 2.07. The second kappa shape index (κ2) is 4.60. The van der Waals surface area contributed by atoms with Crippen LogP contribution in [0.25, 0.3) is 0 Å². The van der Waals surface area contributed by atoms with E-state index in [2.05, 4.69) is 49.1 Å². The maximum Gasteiger partial charge on any atom is 0.0641 e. The first-order chi connectivity index (χ1) is 7.57. The first-order valence-corrected chi connectivity index (χ1v) is 6.04. The monoisotopic (exact) mass is 222 g/mol. The Hall–Kier alpha value is -0.800. The number of nitrogens with one attached hydrogen (secondary N) is 1. The van der Waals surface area contributed by atoms with Gasteiger partial charge in [-0.1, -0.05) is 0 Å². The van der Waals surface area contributed by atoms with Crippen molar-refractivity contribution in [2.75, 3.05) is 6.61 Å². The number of rotatable bonds is 3. The Kier molecular flexibility index (Phi) is 3.36. The van der Waals surface area contributed by atoms with Crippen molar-refractivity contribution in [3.63, 3.8) is 0 Å². The maximum atomic E-state index is 5.71. The van der Waals surface area contributed by atoms with Gasteiger partial charge in [0.1, 0.15) is 0 Å². The fraction of sp³-hybridized carbons (Fsp3) is 0.692. The van der Waals surface area contributed by atoms with Crippen molar-refractivity contribution in [3.8, 4) is 0 Å². The van der Waals surface area contributed by atoms with Crippen LogP contribution in [0.1, 0.15) is 32.4 Å². The van der Waals surface area contributed by atoms with Gasteiger partial charge in [-0.15, -0.1) is 0 Å². The lowest BCUT2D eigenvalue weighted by atomic mass is 9.94. The van der Waals surface area contributed by atoms with Gasteiger partial charge in [0, 0.05) is 38.1 Å². The van der Waals surface area contributed by atoms with E-state index in [9.17, 15) is 0 Å². The Balaban J connectivity index is 1.84. The third-order valence-corrected chi connectivity index (χ3v) is 3.32. The number of hydrogen-bond donors (Lipinski definition) is 1. The number of ether oxygens (including phenoxy) is 1. The molecule has 0 aliphatic carbocycles. The summed E-state index contributed by atoms with van der Waals surface area (Å²) >= 11 is 0. The lowest BCUT2D eigenvalue weighted by molar-refractivity contribution is -0.0631. The SMILES string of the molecule is Cn1cccc1CNC1CCOC(C)(C)C1. The Morgan fingerprint density at radius 2 is 2.38 bits per heavy atom. The highest BCUT2D eigenvalue weighted by Crippen LogP contribution is 2.24. The first-order valence-electron chi connectivity index (χ1n) is 6.04. The van der Waals surface area contributed by atoms with Gasteiger partial charge < -0.3 is 14.6 Å². The zero-order chi connectivity index (χ0) is 11.6. The molecular formula is C13H22N2O. The van der Waals surface area contributed by atoms with E-state index in [0.29, 0.717) is 6.04 Å². The number of nitrogens with zero attached hydrogens (tertiary/aromatic N) is 1. The van der Waals surface area contributed by atoms with Gasteiger partial charge in [0.05, 0.1) is 5.60 Å². The molecule has 2 heterocycles. The largest absolute Gasteiger partial charge is 0.375 e. The summed E-state index contributed by atoms with van der Waals surface area (Å²) in [6.07, 6.45) is 4.30. The number of hydrogen-bond acceptors (Lipinski definition) is 2. The van der Waals surface area contributed by atoms with E-state index in [4.69, 9.17) is 4.74 Å². The van der Waals surface area contributed by atoms with Crippen molar-refractivity contribution in [2.24, 2.45) is 7.05 Å². The average molecular weight is 222 g/mol. The molecule has 0 spiro atoms. The van der Waals surface area contributed by atoms with Crippen LogP contribution >= 0.6 is 0 Å². The summed E-state index contributed by atoms with van der Waals surface area (Å²) in [5.74, 6) is 0. The Morgan fingerprint density at radius 3 is 3.00 bits per heavy atom. The van der Waals surface area contributed by atoms with E-state index >= 15 is 0 Å². The summed E-state index contributed by atoms with van der Waals surface area (Å²) in [7, 11) is 2.09. The minimum Gasteiger partial charge on any atom is -0.375 e. The molecule has 1 aromatic heterocycles. The van der Waals surface area contributed by atoms with E-state index in [1.807, 2.05) is 0 Å². The molecule has 1 saturated heterocycles. The van der Waals surface area contributed by atoms with Gasteiger partial charge in [-0.3, -0.25) is 0 Å². The highest BCUT2D eigenvalue weighted by atomic mass is 16.5. The van der Waals surface area contributed by atoms with E-state index < -0.39 is 0 Å². The van der Waals surface area contributed by atoms with E-state index in [0.717, 1.165) is 26.0 Å². The summed E-state index contributed by atoms with van der Waals surface area (Å²) in [6.45, 7) is 6.16. The fourth-order valence-corrected chi connectivity index (χ4v) is 2.34. The zero-order valence-electron chi connectivity index (χ0n) is 10.5. The van der Waals surface area contributed by atoms with Crippen LogP contribution in [0, 0.1) is 0 Å². The third-order valence-electron chi connectivity index (χ3n) is 3.32. The van der Waals surface area contributed by atoms with Crippen LogP contribution in [-0.4, -0.2) is 22.8 Å². The van der Waals surface area contributed by atoms with Crippen LogP contribution in [0.15, 0.2) is 18.3 Å². The third kappa shape index (κ3) is 2.86. The molecule has 1 aliphatic heterocycles. The fourth-order valence-electron chi connectivity index (χ4n) is 2.34. The van der Waals surface area contributed by atoms with Crippen LogP contribution in [0.4, 0.5) is 0 Å². The molecule has 1 atom stereocenters. The molecular weight excluding hydrogens is 200 g/mol. The van der Waals surface area contributed by atoms with E-state index in [-0.39, 0.29) is 5.60 Å². The Bertz CT molecular complexity index is 343. The summed E-state index contributed by atoms with van der Waals surface area (Å²) in [5.41, 5.74) is 1.37. The summed E-state index contributed by atoms with van der Waals surface area (Å²) in [6, 6.07) is 4.83. The Labute approximate surface area is 97.8 Å². The van der Waals surface area contributed by atoms with Crippen LogP contribution < -0.4 is 5.32 Å². The molecule has 1 aromatic rings. The highest BCUT2D eigenvalue weighted by Gasteiger charge is 2.28. The van der Waals surface area contributed by atoms with Gasteiger partial charge in [-0.05, 0) is 38.8 Å². The zero-order valence-corrected chi connectivity index (χ0v) is 10.5. The van der Waals surface area contributed by atoms with Gasteiger partial charge >= 0.3 is 0 Å². The van der Waals surface area contributed by atoms with Crippen molar-refractivity contribution in [1.82, 2.24) is 9.88 Å². The number of aromatic nitrogens is 1. The number of aryl methyl sites for hydroxylation is 1. The molecule has 0 bridgehead atoms. The summed E-state index contributed by atoms with van der Waals surface area (Å²) in [5, 5.41) is 3.62. The van der Waals surface area contributed by atoms with E-state index in [1.54, 1.807) is 0 Å². The normalized spacial score (nSPS) is 24.6. The summed E-state index contributed by atoms with van der Waals surface area (Å²) < 4.78 is 7.88. The molecule has 0 radical (unpaired) electrons.